The molecule has 0 saturated heterocycles. The van der Waals surface area contributed by atoms with Crippen molar-refractivity contribution in [1.82, 2.24) is 0 Å². The van der Waals surface area contributed by atoms with E-state index in [2.05, 4.69) is 0 Å². The van der Waals surface area contributed by atoms with Crippen molar-refractivity contribution < 1.29 is 23.7 Å². The summed E-state index contributed by atoms with van der Waals surface area (Å²) in [6, 6.07) is 10.9. The lowest BCUT2D eigenvalue weighted by molar-refractivity contribution is -0.00841. The third-order valence-electron chi connectivity index (χ3n) is 3.00. The third kappa shape index (κ3) is 4.42. The molecule has 0 amide bonds. The van der Waals surface area contributed by atoms with Gasteiger partial charge in [0.1, 0.15) is 12.5 Å². The highest BCUT2D eigenvalue weighted by Crippen LogP contribution is 2.22. The van der Waals surface area contributed by atoms with Crippen molar-refractivity contribution in [1.29, 1.82) is 0 Å². The van der Waals surface area contributed by atoms with Crippen molar-refractivity contribution >= 4 is 16.7 Å². The molecule has 0 aliphatic heterocycles. The lowest BCUT2D eigenvalue weighted by Gasteiger charge is -2.08. The molecule has 0 bridgehead atoms. The van der Waals surface area contributed by atoms with Crippen LogP contribution in [0.2, 0.25) is 0 Å². The Balaban J connectivity index is 2.02. The molecule has 0 saturated carbocycles. The molecular formula is C16H19NO5. The van der Waals surface area contributed by atoms with Gasteiger partial charge in [-0.1, -0.05) is 12.1 Å². The second-order valence-corrected chi connectivity index (χ2v) is 4.49. The number of esters is 1. The topological polar surface area (TPSA) is 80.0 Å². The van der Waals surface area contributed by atoms with Crippen molar-refractivity contribution in [2.45, 2.75) is 0 Å². The van der Waals surface area contributed by atoms with E-state index < -0.39 is 5.97 Å². The Kier molecular flexibility index (Phi) is 6.14. The van der Waals surface area contributed by atoms with Crippen LogP contribution in [-0.4, -0.2) is 39.8 Å². The average molecular weight is 305 g/mol. The minimum atomic E-state index is -0.434. The molecule has 0 unspecified atom stereocenters. The molecule has 2 N–H and O–H groups in total. The van der Waals surface area contributed by atoms with Gasteiger partial charge in [0.15, 0.2) is 6.79 Å². The van der Waals surface area contributed by atoms with Crippen LogP contribution in [0.3, 0.4) is 0 Å². The van der Waals surface area contributed by atoms with Crippen molar-refractivity contribution in [3.8, 4) is 5.75 Å². The molecule has 0 spiro atoms. The summed E-state index contributed by atoms with van der Waals surface area (Å²) in [6.45, 7) is 1.04. The number of hydrogen-bond donors (Lipinski definition) is 1. The molecular weight excluding hydrogens is 286 g/mol. The summed E-state index contributed by atoms with van der Waals surface area (Å²) in [5.74, 6) is 0.262. The van der Waals surface area contributed by atoms with E-state index in [-0.39, 0.29) is 13.5 Å². The first kappa shape index (κ1) is 16.2. The van der Waals surface area contributed by atoms with Gasteiger partial charge in [0.2, 0.25) is 0 Å². The van der Waals surface area contributed by atoms with Crippen molar-refractivity contribution in [3.63, 3.8) is 0 Å². The van der Waals surface area contributed by atoms with Crippen LogP contribution in [0.5, 0.6) is 5.75 Å². The number of ether oxygens (including phenoxy) is 4. The summed E-state index contributed by atoms with van der Waals surface area (Å²) >= 11 is 0. The summed E-state index contributed by atoms with van der Waals surface area (Å²) in [7, 11) is 1.62. The highest BCUT2D eigenvalue weighted by Gasteiger charge is 2.07. The Hall–Kier alpha value is -2.15. The SMILES string of the molecule is COCCOCOc1ccc2cc(C(=O)OCN)ccc2c1. The van der Waals surface area contributed by atoms with Crippen LogP contribution in [0.4, 0.5) is 0 Å². The lowest BCUT2D eigenvalue weighted by atomic mass is 10.1. The standard InChI is InChI=1S/C16H19NO5/c1-19-6-7-20-11-22-15-5-4-12-8-14(16(18)21-10-17)3-2-13(12)9-15/h2-5,8-9H,6-7,10-11,17H2,1H3. The fourth-order valence-electron chi connectivity index (χ4n) is 1.91. The zero-order chi connectivity index (χ0) is 15.8. The monoisotopic (exact) mass is 305 g/mol. The predicted octanol–water partition coefficient (Wildman–Crippen LogP) is 1.91. The first-order valence-corrected chi connectivity index (χ1v) is 6.85. The van der Waals surface area contributed by atoms with Crippen LogP contribution in [0, 0.1) is 0 Å². The van der Waals surface area contributed by atoms with Crippen molar-refractivity contribution in [2.24, 2.45) is 5.73 Å². The normalized spacial score (nSPS) is 10.6. The molecule has 0 aliphatic carbocycles. The van der Waals surface area contributed by atoms with E-state index in [1.165, 1.54) is 0 Å². The van der Waals surface area contributed by atoms with E-state index in [0.29, 0.717) is 24.5 Å². The predicted molar refractivity (Wildman–Crippen MR) is 81.7 cm³/mol. The molecule has 0 aromatic heterocycles. The number of rotatable bonds is 8. The third-order valence-corrected chi connectivity index (χ3v) is 3.00. The van der Waals surface area contributed by atoms with Gasteiger partial charge in [0.25, 0.3) is 0 Å². The second kappa shape index (κ2) is 8.33. The molecule has 0 fully saturated rings. The van der Waals surface area contributed by atoms with Crippen molar-refractivity contribution in [2.75, 3.05) is 33.8 Å². The Morgan fingerprint density at radius 2 is 1.86 bits per heavy atom. The molecule has 6 heteroatoms. The zero-order valence-corrected chi connectivity index (χ0v) is 12.4. The molecule has 118 valence electrons. The Labute approximate surface area is 128 Å². The summed E-state index contributed by atoms with van der Waals surface area (Å²) in [6.07, 6.45) is 0. The molecule has 0 radical (unpaired) electrons. The molecule has 6 nitrogen and oxygen atoms in total. The second-order valence-electron chi connectivity index (χ2n) is 4.49. The quantitative estimate of drug-likeness (QED) is 0.456. The van der Waals surface area contributed by atoms with Crippen LogP contribution in [0.15, 0.2) is 36.4 Å². The maximum atomic E-state index is 11.6. The fraction of sp³-hybridized carbons (Fsp3) is 0.312. The van der Waals surface area contributed by atoms with Crippen LogP contribution < -0.4 is 10.5 Å². The number of nitrogens with two attached hydrogens (primary N) is 1. The Morgan fingerprint density at radius 3 is 2.64 bits per heavy atom. The Morgan fingerprint density at radius 1 is 1.09 bits per heavy atom. The van der Waals surface area contributed by atoms with Gasteiger partial charge in [-0.3, -0.25) is 5.73 Å². The van der Waals surface area contributed by atoms with E-state index in [0.717, 1.165) is 10.8 Å². The minimum absolute atomic E-state index is 0.132. The first-order valence-electron chi connectivity index (χ1n) is 6.85. The van der Waals surface area contributed by atoms with Crippen molar-refractivity contribution in [3.05, 3.63) is 42.0 Å². The Bertz CT molecular complexity index is 629. The number of benzene rings is 2. The van der Waals surface area contributed by atoms with Crippen LogP contribution in [0.1, 0.15) is 10.4 Å². The van der Waals surface area contributed by atoms with Gasteiger partial charge >= 0.3 is 5.97 Å². The van der Waals surface area contributed by atoms with Gasteiger partial charge in [-0.25, -0.2) is 4.79 Å². The molecule has 0 aliphatic rings. The maximum Gasteiger partial charge on any atom is 0.339 e. The highest BCUT2D eigenvalue weighted by atomic mass is 16.7. The number of fused-ring (bicyclic) bond motifs is 1. The fourth-order valence-corrected chi connectivity index (χ4v) is 1.91. The molecule has 2 rings (SSSR count). The molecule has 22 heavy (non-hydrogen) atoms. The van der Waals surface area contributed by atoms with Crippen LogP contribution in [0.25, 0.3) is 10.8 Å². The van der Waals surface area contributed by atoms with Crippen LogP contribution in [-0.2, 0) is 14.2 Å². The molecule has 0 atom stereocenters. The first-order chi connectivity index (χ1) is 10.7. The van der Waals surface area contributed by atoms with E-state index >= 15 is 0 Å². The van der Waals surface area contributed by atoms with Crippen LogP contribution >= 0.6 is 0 Å². The smallest absolute Gasteiger partial charge is 0.339 e. The summed E-state index contributed by atoms with van der Waals surface area (Å²) < 4.78 is 20.4. The largest absolute Gasteiger partial charge is 0.468 e. The summed E-state index contributed by atoms with van der Waals surface area (Å²) in [4.78, 5) is 11.6. The number of methoxy groups -OCH3 is 1. The van der Waals surface area contributed by atoms with Gasteiger partial charge in [-0.05, 0) is 35.0 Å². The van der Waals surface area contributed by atoms with E-state index in [1.54, 1.807) is 19.2 Å². The lowest BCUT2D eigenvalue weighted by Crippen LogP contribution is -2.12. The van der Waals surface area contributed by atoms with Gasteiger partial charge < -0.3 is 18.9 Å². The highest BCUT2D eigenvalue weighted by molar-refractivity contribution is 5.95. The average Bonchev–Trinajstić information content (AvgIpc) is 2.54. The number of carbonyl (C=O) groups excluding carboxylic acids is 1. The van der Waals surface area contributed by atoms with E-state index in [1.807, 2.05) is 24.3 Å². The van der Waals surface area contributed by atoms with Gasteiger partial charge in [-0.2, -0.15) is 0 Å². The molecule has 0 heterocycles. The van der Waals surface area contributed by atoms with Gasteiger partial charge in [0.05, 0.1) is 18.8 Å². The number of carbonyl (C=O) groups is 1. The van der Waals surface area contributed by atoms with E-state index in [4.69, 9.17) is 24.7 Å². The number of hydrogen-bond acceptors (Lipinski definition) is 6. The summed E-state index contributed by atoms with van der Waals surface area (Å²) in [5.41, 5.74) is 5.66. The maximum absolute atomic E-state index is 11.6. The minimum Gasteiger partial charge on any atom is -0.468 e. The molecule has 2 aromatic rings. The van der Waals surface area contributed by atoms with Gasteiger partial charge in [0, 0.05) is 7.11 Å². The zero-order valence-electron chi connectivity index (χ0n) is 12.4. The molecule has 2 aromatic carbocycles. The van der Waals surface area contributed by atoms with Gasteiger partial charge in [-0.15, -0.1) is 0 Å². The summed E-state index contributed by atoms with van der Waals surface area (Å²) in [5, 5.41) is 1.87. The van der Waals surface area contributed by atoms with E-state index in [9.17, 15) is 4.79 Å².